The Morgan fingerprint density at radius 3 is 2.93 bits per heavy atom. The van der Waals surface area contributed by atoms with Gasteiger partial charge in [0.05, 0.1) is 5.52 Å². The molecule has 0 atom stereocenters. The van der Waals surface area contributed by atoms with E-state index in [0.717, 1.165) is 0 Å². The second-order valence-corrected chi connectivity index (χ2v) is 3.85. The van der Waals surface area contributed by atoms with Gasteiger partial charge in [0.2, 0.25) is 0 Å². The molecule has 0 aliphatic heterocycles. The molecule has 0 saturated carbocycles. The fraction of sp³-hybridized carbons (Fsp3) is 0.111. The summed E-state index contributed by atoms with van der Waals surface area (Å²) in [5, 5.41) is 0. The van der Waals surface area contributed by atoms with E-state index in [1.807, 2.05) is 0 Å². The second-order valence-electron chi connectivity index (χ2n) is 2.94. The van der Waals surface area contributed by atoms with E-state index < -0.39 is 5.82 Å². The molecule has 0 amide bonds. The van der Waals surface area contributed by atoms with Crippen molar-refractivity contribution in [1.29, 1.82) is 0 Å². The lowest BCUT2D eigenvalue weighted by molar-refractivity contribution is 0.635. The Morgan fingerprint density at radius 1 is 1.50 bits per heavy atom. The number of aromatic nitrogens is 2. The lowest BCUT2D eigenvalue weighted by Crippen LogP contribution is -2.11. The predicted molar refractivity (Wildman–Crippen MR) is 54.8 cm³/mol. The number of hydrogen-bond acceptors (Lipinski definition) is 2. The van der Waals surface area contributed by atoms with E-state index in [2.05, 4.69) is 25.9 Å². The molecule has 0 unspecified atom stereocenters. The number of hydrogen-bond donors (Lipinski definition) is 1. The molecule has 0 radical (unpaired) electrons. The summed E-state index contributed by atoms with van der Waals surface area (Å²) in [5.74, 6) is -0.450. The van der Waals surface area contributed by atoms with Gasteiger partial charge >= 0.3 is 0 Å². The maximum absolute atomic E-state index is 13.3. The summed E-state index contributed by atoms with van der Waals surface area (Å²) in [6.45, 7) is 1.54. The van der Waals surface area contributed by atoms with E-state index in [0.29, 0.717) is 9.99 Å². The van der Waals surface area contributed by atoms with Crippen molar-refractivity contribution >= 4 is 27.0 Å². The smallest absolute Gasteiger partial charge is 0.269 e. The number of aryl methyl sites for hydroxylation is 1. The summed E-state index contributed by atoms with van der Waals surface area (Å²) in [7, 11) is 0. The molecule has 1 N–H and O–H groups in total. The lowest BCUT2D eigenvalue weighted by Gasteiger charge is -2.00. The van der Waals surface area contributed by atoms with Crippen molar-refractivity contribution in [2.45, 2.75) is 6.92 Å². The maximum atomic E-state index is 13.3. The molecular weight excluding hydrogens is 251 g/mol. The van der Waals surface area contributed by atoms with Crippen molar-refractivity contribution in [1.82, 2.24) is 9.97 Å². The third kappa shape index (κ3) is 1.43. The van der Waals surface area contributed by atoms with Gasteiger partial charge in [0.1, 0.15) is 11.2 Å². The highest BCUT2D eigenvalue weighted by molar-refractivity contribution is 9.10. The normalized spacial score (nSPS) is 10.8. The number of nitrogens with one attached hydrogen (secondary N) is 1. The van der Waals surface area contributed by atoms with Crippen LogP contribution >= 0.6 is 15.9 Å². The molecule has 0 bridgehead atoms. The molecular formula is C9H6BrFN2O. The highest BCUT2D eigenvalue weighted by atomic mass is 79.9. The van der Waals surface area contributed by atoms with Crippen LogP contribution in [0.5, 0.6) is 0 Å². The summed E-state index contributed by atoms with van der Waals surface area (Å²) in [4.78, 5) is 17.6. The minimum absolute atomic E-state index is 0.185. The van der Waals surface area contributed by atoms with Gasteiger partial charge in [-0.3, -0.25) is 4.79 Å². The number of H-pyrrole nitrogens is 1. The van der Waals surface area contributed by atoms with Crippen LogP contribution in [0.3, 0.4) is 0 Å². The zero-order valence-corrected chi connectivity index (χ0v) is 8.85. The van der Waals surface area contributed by atoms with Crippen molar-refractivity contribution in [3.05, 3.63) is 38.5 Å². The van der Waals surface area contributed by atoms with Crippen molar-refractivity contribution < 1.29 is 4.39 Å². The monoisotopic (exact) mass is 256 g/mol. The summed E-state index contributed by atoms with van der Waals surface area (Å²) in [5.41, 5.74) is 0.548. The van der Waals surface area contributed by atoms with E-state index in [4.69, 9.17) is 0 Å². The number of nitrogens with zero attached hydrogens (tertiary/aromatic N) is 1. The molecule has 1 heterocycles. The number of halogens is 2. The zero-order valence-electron chi connectivity index (χ0n) is 7.27. The van der Waals surface area contributed by atoms with Gasteiger partial charge in [-0.2, -0.15) is 0 Å². The topological polar surface area (TPSA) is 45.8 Å². The van der Waals surface area contributed by atoms with Crippen LogP contribution in [0.15, 0.2) is 21.4 Å². The number of fused-ring (bicyclic) bond motifs is 1. The zero-order chi connectivity index (χ0) is 10.3. The molecule has 1 aromatic heterocycles. The van der Waals surface area contributed by atoms with Gasteiger partial charge in [-0.15, -0.1) is 0 Å². The molecule has 14 heavy (non-hydrogen) atoms. The summed E-state index contributed by atoms with van der Waals surface area (Å²) < 4.78 is 13.9. The molecule has 2 rings (SSSR count). The average Bonchev–Trinajstić information content (AvgIpc) is 2.08. The molecule has 0 saturated heterocycles. The Morgan fingerprint density at radius 2 is 2.21 bits per heavy atom. The van der Waals surface area contributed by atoms with E-state index in [9.17, 15) is 9.18 Å². The van der Waals surface area contributed by atoms with Crippen LogP contribution in [-0.4, -0.2) is 9.97 Å². The van der Waals surface area contributed by atoms with Crippen molar-refractivity contribution in [2.75, 3.05) is 0 Å². The van der Waals surface area contributed by atoms with Gasteiger partial charge < -0.3 is 4.98 Å². The summed E-state index contributed by atoms with van der Waals surface area (Å²) in [6.07, 6.45) is 0. The highest BCUT2D eigenvalue weighted by Crippen LogP contribution is 2.19. The van der Waals surface area contributed by atoms with Crippen LogP contribution in [0, 0.1) is 12.7 Å². The lowest BCUT2D eigenvalue weighted by atomic mass is 10.3. The first kappa shape index (κ1) is 9.33. The molecule has 0 aliphatic carbocycles. The van der Waals surface area contributed by atoms with Crippen LogP contribution < -0.4 is 5.56 Å². The molecule has 72 valence electrons. The van der Waals surface area contributed by atoms with Gasteiger partial charge in [0.25, 0.3) is 5.56 Å². The van der Waals surface area contributed by atoms with E-state index in [1.54, 1.807) is 13.0 Å². The Kier molecular flexibility index (Phi) is 2.11. The quantitative estimate of drug-likeness (QED) is 0.785. The fourth-order valence-electron chi connectivity index (χ4n) is 1.21. The third-order valence-corrected chi connectivity index (χ3v) is 2.34. The predicted octanol–water partition coefficient (Wildman–Crippen LogP) is 2.13. The third-order valence-electron chi connectivity index (χ3n) is 1.88. The van der Waals surface area contributed by atoms with E-state index >= 15 is 0 Å². The van der Waals surface area contributed by atoms with E-state index in [1.165, 1.54) is 6.07 Å². The maximum Gasteiger partial charge on any atom is 0.269 e. The van der Waals surface area contributed by atoms with E-state index in [-0.39, 0.29) is 16.8 Å². The second kappa shape index (κ2) is 3.16. The average molecular weight is 257 g/mol. The van der Waals surface area contributed by atoms with Crippen LogP contribution in [0.2, 0.25) is 0 Å². The first-order valence-corrected chi connectivity index (χ1v) is 4.73. The van der Waals surface area contributed by atoms with Gasteiger partial charge in [-0.25, -0.2) is 9.37 Å². The Hall–Kier alpha value is -1.23. The van der Waals surface area contributed by atoms with Crippen LogP contribution in [-0.2, 0) is 0 Å². The van der Waals surface area contributed by atoms with Crippen LogP contribution in [0.1, 0.15) is 5.69 Å². The van der Waals surface area contributed by atoms with Crippen molar-refractivity contribution in [3.63, 3.8) is 0 Å². The van der Waals surface area contributed by atoms with Gasteiger partial charge in [0.15, 0.2) is 5.82 Å². The summed E-state index contributed by atoms with van der Waals surface area (Å²) >= 11 is 3.14. The molecule has 0 aliphatic rings. The SMILES string of the molecule is Cc1nc2c(F)cc(Br)cc2[nH]c1=O. The molecule has 2 aromatic rings. The Bertz CT molecular complexity index is 564. The first-order valence-electron chi connectivity index (χ1n) is 3.93. The summed E-state index contributed by atoms with van der Waals surface area (Å²) in [6, 6.07) is 2.93. The molecule has 1 aromatic carbocycles. The van der Waals surface area contributed by atoms with Gasteiger partial charge in [0, 0.05) is 4.47 Å². The molecule has 3 nitrogen and oxygen atoms in total. The fourth-order valence-corrected chi connectivity index (χ4v) is 1.64. The standard InChI is InChI=1S/C9H6BrFN2O/c1-4-9(14)13-7-3-5(10)2-6(11)8(7)12-4/h2-3H,1H3,(H,13,14). The van der Waals surface area contributed by atoms with Gasteiger partial charge in [-0.1, -0.05) is 15.9 Å². The minimum atomic E-state index is -0.450. The highest BCUT2D eigenvalue weighted by Gasteiger charge is 2.06. The number of benzene rings is 1. The number of rotatable bonds is 0. The minimum Gasteiger partial charge on any atom is -0.319 e. The number of aromatic amines is 1. The first-order chi connectivity index (χ1) is 6.58. The van der Waals surface area contributed by atoms with Crippen molar-refractivity contribution in [2.24, 2.45) is 0 Å². The van der Waals surface area contributed by atoms with Crippen LogP contribution in [0.25, 0.3) is 11.0 Å². The molecule has 5 heteroatoms. The Balaban J connectivity index is 2.96. The molecule has 0 fully saturated rings. The largest absolute Gasteiger partial charge is 0.319 e. The van der Waals surface area contributed by atoms with Crippen molar-refractivity contribution in [3.8, 4) is 0 Å². The molecule has 0 spiro atoms. The van der Waals surface area contributed by atoms with Gasteiger partial charge in [-0.05, 0) is 19.1 Å². The Labute approximate surface area is 87.1 Å². The van der Waals surface area contributed by atoms with Crippen LogP contribution in [0.4, 0.5) is 4.39 Å².